The molecule has 0 spiro atoms. The molecule has 0 fully saturated rings. The number of phenolic OH excluding ortho intramolecular Hbond substituents is 6. The Hall–Kier alpha value is -9.77. The van der Waals surface area contributed by atoms with Crippen molar-refractivity contribution in [3.63, 3.8) is 0 Å². The van der Waals surface area contributed by atoms with Gasteiger partial charge in [0.2, 0.25) is 0 Å². The summed E-state index contributed by atoms with van der Waals surface area (Å²) in [6.45, 7) is 72.3. The minimum atomic E-state index is -1.58. The third-order valence-electron chi connectivity index (χ3n) is 25.3. The largest absolute Gasteiger partial charge is 0.507 e. The standard InChI is InChI=1S/C73H108O12.C38H58O6S.C9H16O4.CH4/c1-65(2,3)49-33-45(34-50(61(49)78)66(4,5)6)25-29-57(74)82-41-73(42-83-58(75)30-26-46-35-51(67(7,8)9)62(79)52(36-46)68(10,11)12,43-84-59(76)31-27-47-37-53(69(13,14)15)63(80)54(38-47)70(16,17)18)44-85-60(77)32-28-48-39-55(71(19,20)21)64(81)56(40-48)72(22,23)24;1-35(2,3)27-21-25(22-28(33(27)41)36(4,5)6)13-15-31(39)43-17-19-45-20-18-44-32(40)16-14-26-23-29(37(7,8)9)34(42)30(24-26)38(10,11)12;1-12-8(10)6-4-3-5-7-9(11)13-2;/h33-40,78-81H,25-32,41-44H2,1-24H3;21-24,41-42H,13-20H2,1-12H3;3-7H2,1-2H3;1H4. The van der Waals surface area contributed by atoms with E-state index in [0.29, 0.717) is 61.9 Å². The smallest absolute Gasteiger partial charge is 0.306 e. The summed E-state index contributed by atoms with van der Waals surface area (Å²) in [4.78, 5) is 103. The summed E-state index contributed by atoms with van der Waals surface area (Å²) in [7, 11) is 2.74. The number of unbranched alkanes of at least 4 members (excludes halogenated alkanes) is 2. The summed E-state index contributed by atoms with van der Waals surface area (Å²) in [6.07, 6.45) is 5.74. The first-order valence-electron chi connectivity index (χ1n) is 51.0. The number of aromatic hydroxyl groups is 6. The van der Waals surface area contributed by atoms with Gasteiger partial charge in [-0.15, -0.1) is 0 Å². The summed E-state index contributed by atoms with van der Waals surface area (Å²) in [5.41, 5.74) is 9.35. The van der Waals surface area contributed by atoms with Crippen LogP contribution in [0.5, 0.6) is 34.5 Å². The highest BCUT2D eigenvalue weighted by Crippen LogP contribution is 2.48. The summed E-state index contributed by atoms with van der Waals surface area (Å²) < 4.78 is 44.2. The number of carbonyl (C=O) groups excluding carboxylic acids is 8. The number of hydrogen-bond donors (Lipinski definition) is 6. The van der Waals surface area contributed by atoms with Crippen LogP contribution < -0.4 is 0 Å². The molecular weight excluding hydrogens is 1840 g/mol. The minimum Gasteiger partial charge on any atom is -0.507 e. The number of benzene rings is 6. The van der Waals surface area contributed by atoms with Gasteiger partial charge in [-0.1, -0.05) is 336 Å². The zero-order valence-electron chi connectivity index (χ0n) is 94.7. The van der Waals surface area contributed by atoms with Gasteiger partial charge in [-0.2, -0.15) is 11.8 Å². The van der Waals surface area contributed by atoms with E-state index >= 15 is 0 Å². The Kier molecular flexibility index (Phi) is 47.0. The van der Waals surface area contributed by atoms with Gasteiger partial charge in [-0.05, 0) is 216 Å². The Morgan fingerprint density at radius 3 is 0.486 bits per heavy atom. The van der Waals surface area contributed by atoms with Crippen molar-refractivity contribution in [1.82, 2.24) is 0 Å². The highest BCUT2D eigenvalue weighted by Gasteiger charge is 2.40. The molecule has 0 unspecified atom stereocenters. The molecule has 0 atom stereocenters. The molecule has 0 amide bonds. The van der Waals surface area contributed by atoms with Crippen molar-refractivity contribution in [3.8, 4) is 34.5 Å². The van der Waals surface area contributed by atoms with Crippen LogP contribution in [-0.2, 0) is 180 Å². The lowest BCUT2D eigenvalue weighted by molar-refractivity contribution is -0.171. The fourth-order valence-corrected chi connectivity index (χ4v) is 17.0. The number of aryl methyl sites for hydroxylation is 6. The van der Waals surface area contributed by atoms with Gasteiger partial charge in [-0.3, -0.25) is 38.4 Å². The van der Waals surface area contributed by atoms with Gasteiger partial charge < -0.3 is 68.5 Å². The lowest BCUT2D eigenvalue weighted by atomic mass is 9.78. The lowest BCUT2D eigenvalue weighted by Crippen LogP contribution is -2.44. The van der Waals surface area contributed by atoms with Crippen molar-refractivity contribution in [2.24, 2.45) is 5.41 Å². The minimum absolute atomic E-state index is 0. The Labute approximate surface area is 870 Å². The average molecular weight is 2020 g/mol. The first-order valence-corrected chi connectivity index (χ1v) is 52.2. The van der Waals surface area contributed by atoms with Gasteiger partial charge in [0.25, 0.3) is 0 Å². The van der Waals surface area contributed by atoms with Crippen molar-refractivity contribution in [3.05, 3.63) is 173 Å². The van der Waals surface area contributed by atoms with Crippen LogP contribution in [0.3, 0.4) is 0 Å². The molecule has 0 radical (unpaired) electrons. The van der Waals surface area contributed by atoms with Crippen LogP contribution in [-0.4, -0.2) is 144 Å². The van der Waals surface area contributed by atoms with Crippen LogP contribution in [0.2, 0.25) is 0 Å². The topological polar surface area (TPSA) is 332 Å². The Morgan fingerprint density at radius 2 is 0.354 bits per heavy atom. The monoisotopic (exact) mass is 2020 g/mol. The SMILES string of the molecule is C.CC(C)(C)c1cc(CCC(=O)OCC(COC(=O)CCc2cc(C(C)(C)C)c(O)c(C(C)(C)C)c2)(COC(=O)CCc2cc(C(C)(C)C)c(O)c(C(C)(C)C)c2)COC(=O)CCc2cc(C(C)(C)C)c(O)c(C(C)(C)C)c2)cc(C(C)(C)C)c1O.CC(C)(C)c1cc(CCC(=O)OCCSCCOC(=O)CCc2cc(C(C)(C)C)c(O)c(C(C)(C)C)c2)cc(C(C)(C)C)c1O.COC(=O)CCCCCC(=O)OC. The summed E-state index contributed by atoms with van der Waals surface area (Å²) in [5.74, 6) is -0.442. The second kappa shape index (κ2) is 52.7. The number of hydrogen-bond acceptors (Lipinski definition) is 23. The molecule has 6 rings (SSSR count). The molecular formula is C121H186O22S. The lowest BCUT2D eigenvalue weighted by Gasteiger charge is -2.32. The second-order valence-electron chi connectivity index (χ2n) is 51.1. The molecule has 22 nitrogen and oxygen atoms in total. The van der Waals surface area contributed by atoms with Gasteiger partial charge in [-0.25, -0.2) is 0 Å². The van der Waals surface area contributed by atoms with Gasteiger partial charge in [0.1, 0.15) is 79.6 Å². The number of carbonyl (C=O) groups is 8. The molecule has 6 aromatic rings. The van der Waals surface area contributed by atoms with E-state index in [0.717, 1.165) is 119 Å². The number of methoxy groups -OCH3 is 2. The zero-order chi connectivity index (χ0) is 110. The molecule has 0 aliphatic rings. The molecule has 6 aromatic carbocycles. The van der Waals surface area contributed by atoms with Crippen LogP contribution in [0.1, 0.15) is 427 Å². The highest BCUT2D eigenvalue weighted by atomic mass is 32.2. The first kappa shape index (κ1) is 128. The van der Waals surface area contributed by atoms with Crippen LogP contribution in [0.25, 0.3) is 0 Å². The Balaban J connectivity index is 0.000000747. The molecule has 0 aromatic heterocycles. The van der Waals surface area contributed by atoms with Crippen LogP contribution in [0.15, 0.2) is 72.8 Å². The predicted octanol–water partition coefficient (Wildman–Crippen LogP) is 26.5. The van der Waals surface area contributed by atoms with Gasteiger partial charge in [0.15, 0.2) is 0 Å². The van der Waals surface area contributed by atoms with E-state index in [9.17, 15) is 69.0 Å². The van der Waals surface area contributed by atoms with Crippen molar-refractivity contribution in [2.45, 2.75) is 431 Å². The van der Waals surface area contributed by atoms with Crippen molar-refractivity contribution in [1.29, 1.82) is 0 Å². The molecule has 23 heteroatoms. The molecule has 0 saturated carbocycles. The van der Waals surface area contributed by atoms with Crippen LogP contribution >= 0.6 is 11.8 Å². The Morgan fingerprint density at radius 1 is 0.215 bits per heavy atom. The van der Waals surface area contributed by atoms with Gasteiger partial charge >= 0.3 is 47.8 Å². The van der Waals surface area contributed by atoms with E-state index in [4.69, 9.17) is 28.4 Å². The zero-order valence-corrected chi connectivity index (χ0v) is 95.5. The van der Waals surface area contributed by atoms with Crippen molar-refractivity contribution >= 4 is 59.5 Å². The van der Waals surface area contributed by atoms with Crippen LogP contribution in [0.4, 0.5) is 0 Å². The molecule has 144 heavy (non-hydrogen) atoms. The number of ether oxygens (including phenoxy) is 8. The van der Waals surface area contributed by atoms with Gasteiger partial charge in [0.05, 0.1) is 14.2 Å². The average Bonchev–Trinajstić information content (AvgIpc) is 0.801. The predicted molar refractivity (Wildman–Crippen MR) is 582 cm³/mol. The van der Waals surface area contributed by atoms with Crippen molar-refractivity contribution < 1.29 is 107 Å². The number of esters is 8. The molecule has 0 aliphatic carbocycles. The maximum absolute atomic E-state index is 14.1. The van der Waals surface area contributed by atoms with E-state index in [1.807, 2.05) is 239 Å². The van der Waals surface area contributed by atoms with E-state index < -0.39 is 99.0 Å². The molecule has 808 valence electrons. The normalized spacial score (nSPS) is 12.6. The third-order valence-corrected chi connectivity index (χ3v) is 26.2. The fraction of sp³-hybridized carbons (Fsp3) is 0.636. The third kappa shape index (κ3) is 41.5. The van der Waals surface area contributed by atoms with E-state index in [1.165, 1.54) is 14.2 Å². The fourth-order valence-electron chi connectivity index (χ4n) is 16.4. The number of thioether (sulfide) groups is 1. The van der Waals surface area contributed by atoms with Crippen LogP contribution in [0, 0.1) is 5.41 Å². The molecule has 0 saturated heterocycles. The number of rotatable bonds is 38. The first-order chi connectivity index (χ1) is 65.2. The van der Waals surface area contributed by atoms with E-state index in [1.54, 1.807) is 11.8 Å². The molecule has 6 N–H and O–H groups in total. The van der Waals surface area contributed by atoms with Gasteiger partial charge in [0, 0.05) is 62.9 Å². The Bertz CT molecular complexity index is 4540. The van der Waals surface area contributed by atoms with E-state index in [-0.39, 0.29) is 140 Å². The number of phenols is 6. The summed E-state index contributed by atoms with van der Waals surface area (Å²) in [5, 5.41) is 67.5. The maximum atomic E-state index is 14.1. The second-order valence-corrected chi connectivity index (χ2v) is 52.4. The van der Waals surface area contributed by atoms with Crippen molar-refractivity contribution in [2.75, 3.05) is 65.4 Å². The summed E-state index contributed by atoms with van der Waals surface area (Å²) >= 11 is 1.58. The maximum Gasteiger partial charge on any atom is 0.306 e. The van der Waals surface area contributed by atoms with E-state index in [2.05, 4.69) is 92.6 Å². The highest BCUT2D eigenvalue weighted by molar-refractivity contribution is 7.99. The summed E-state index contributed by atoms with van der Waals surface area (Å²) in [6, 6.07) is 23.4. The molecule has 0 aliphatic heterocycles. The quantitative estimate of drug-likeness (QED) is 0.0119. The molecule has 0 bridgehead atoms. The molecule has 0 heterocycles.